The summed E-state index contributed by atoms with van der Waals surface area (Å²) < 4.78 is 0. The maximum atomic E-state index is 4.43. The summed E-state index contributed by atoms with van der Waals surface area (Å²) in [6.45, 7) is 18.0. The van der Waals surface area contributed by atoms with Crippen LogP contribution in [0.25, 0.3) is 0 Å². The lowest BCUT2D eigenvalue weighted by atomic mass is 9.72. The molecule has 0 unspecified atom stereocenters. The third kappa shape index (κ3) is 5.90. The minimum atomic E-state index is 0.263. The molecular formula is C26H40N2. The highest BCUT2D eigenvalue weighted by Crippen LogP contribution is 2.41. The standard InChI is InChI=1S/C26H40N2/c1-19-11-9-17-25(5,6)23(19)15-13-21(3)27-28-22(4)14-16-24-20(2)12-10-18-26(24,7)8/h13-16H,9-12,17-18H2,1-8H3/b15-13-,16-14-,27-21-,28-22-. The van der Waals surface area contributed by atoms with Crippen LogP contribution < -0.4 is 0 Å². The molecule has 0 atom stereocenters. The van der Waals surface area contributed by atoms with Crippen LogP contribution in [-0.2, 0) is 0 Å². The van der Waals surface area contributed by atoms with Gasteiger partial charge in [0.2, 0.25) is 0 Å². The monoisotopic (exact) mass is 380 g/mol. The lowest BCUT2D eigenvalue weighted by Crippen LogP contribution is -2.19. The quantitative estimate of drug-likeness (QED) is 0.341. The fraction of sp³-hybridized carbons (Fsp3) is 0.615. The van der Waals surface area contributed by atoms with E-state index >= 15 is 0 Å². The van der Waals surface area contributed by atoms with Crippen molar-refractivity contribution in [1.82, 2.24) is 0 Å². The molecule has 0 saturated heterocycles. The molecule has 0 fully saturated rings. The molecule has 0 amide bonds. The molecule has 0 aromatic rings. The summed E-state index contributed by atoms with van der Waals surface area (Å²) in [5, 5.41) is 8.86. The van der Waals surface area contributed by atoms with Crippen molar-refractivity contribution in [2.75, 3.05) is 0 Å². The number of hydrogen-bond donors (Lipinski definition) is 0. The normalized spacial score (nSPS) is 24.0. The summed E-state index contributed by atoms with van der Waals surface area (Å²) in [7, 11) is 0. The number of hydrogen-bond acceptors (Lipinski definition) is 2. The third-order valence-electron chi connectivity index (χ3n) is 6.43. The van der Waals surface area contributed by atoms with Crippen LogP contribution in [0, 0.1) is 10.8 Å². The van der Waals surface area contributed by atoms with Gasteiger partial charge in [-0.15, -0.1) is 0 Å². The summed E-state index contributed by atoms with van der Waals surface area (Å²) in [5.74, 6) is 0. The Morgan fingerprint density at radius 2 is 1.07 bits per heavy atom. The van der Waals surface area contributed by atoms with Gasteiger partial charge in [-0.2, -0.15) is 10.2 Å². The zero-order valence-corrected chi connectivity index (χ0v) is 19.4. The first-order valence-corrected chi connectivity index (χ1v) is 10.9. The van der Waals surface area contributed by atoms with E-state index in [-0.39, 0.29) is 10.8 Å². The first-order valence-electron chi connectivity index (χ1n) is 10.9. The third-order valence-corrected chi connectivity index (χ3v) is 6.43. The minimum Gasteiger partial charge on any atom is -0.156 e. The molecular weight excluding hydrogens is 340 g/mol. The van der Waals surface area contributed by atoms with Crippen molar-refractivity contribution in [2.45, 2.75) is 93.9 Å². The Hall–Kier alpha value is -1.70. The van der Waals surface area contributed by atoms with Gasteiger partial charge >= 0.3 is 0 Å². The molecule has 28 heavy (non-hydrogen) atoms. The first-order chi connectivity index (χ1) is 13.0. The molecule has 0 aromatic carbocycles. The van der Waals surface area contributed by atoms with E-state index in [0.29, 0.717) is 0 Å². The maximum Gasteiger partial charge on any atom is 0.0599 e. The van der Waals surface area contributed by atoms with Crippen molar-refractivity contribution >= 4 is 11.4 Å². The Labute approximate surface area is 173 Å². The predicted molar refractivity (Wildman–Crippen MR) is 125 cm³/mol. The van der Waals surface area contributed by atoms with Gasteiger partial charge in [0, 0.05) is 0 Å². The van der Waals surface area contributed by atoms with Crippen LogP contribution in [0.3, 0.4) is 0 Å². The smallest absolute Gasteiger partial charge is 0.0599 e. The second kappa shape index (κ2) is 9.20. The Kier molecular flexibility index (Phi) is 7.42. The summed E-state index contributed by atoms with van der Waals surface area (Å²) in [5.41, 5.74) is 8.39. The summed E-state index contributed by atoms with van der Waals surface area (Å²) in [4.78, 5) is 0. The second-order valence-corrected chi connectivity index (χ2v) is 10.0. The van der Waals surface area contributed by atoms with Gasteiger partial charge in [0.05, 0.1) is 11.4 Å². The van der Waals surface area contributed by atoms with E-state index in [2.05, 4.69) is 76.0 Å². The Morgan fingerprint density at radius 3 is 1.39 bits per heavy atom. The lowest BCUT2D eigenvalue weighted by molar-refractivity contribution is 0.376. The van der Waals surface area contributed by atoms with Gasteiger partial charge in [0.25, 0.3) is 0 Å². The van der Waals surface area contributed by atoms with E-state index in [1.807, 2.05) is 13.8 Å². The highest BCUT2D eigenvalue weighted by molar-refractivity contribution is 5.96. The molecule has 2 heteroatoms. The Balaban J connectivity index is 2.10. The van der Waals surface area contributed by atoms with E-state index in [4.69, 9.17) is 0 Å². The summed E-state index contributed by atoms with van der Waals surface area (Å²) >= 11 is 0. The zero-order valence-electron chi connectivity index (χ0n) is 19.4. The zero-order chi connectivity index (χ0) is 20.9. The minimum absolute atomic E-state index is 0.263. The van der Waals surface area contributed by atoms with E-state index in [9.17, 15) is 0 Å². The molecule has 0 spiro atoms. The molecule has 0 N–H and O–H groups in total. The topological polar surface area (TPSA) is 24.7 Å². The van der Waals surface area contributed by atoms with Crippen LogP contribution >= 0.6 is 0 Å². The molecule has 2 nitrogen and oxygen atoms in total. The molecule has 2 rings (SSSR count). The second-order valence-electron chi connectivity index (χ2n) is 10.0. The van der Waals surface area contributed by atoms with E-state index in [1.54, 1.807) is 0 Å². The van der Waals surface area contributed by atoms with Crippen molar-refractivity contribution < 1.29 is 0 Å². The van der Waals surface area contributed by atoms with Gasteiger partial charge in [-0.25, -0.2) is 0 Å². The fourth-order valence-electron chi connectivity index (χ4n) is 4.65. The van der Waals surface area contributed by atoms with Gasteiger partial charge in [0.15, 0.2) is 0 Å². The number of allylic oxidation sites excluding steroid dienone is 8. The average Bonchev–Trinajstić information content (AvgIpc) is 2.58. The Morgan fingerprint density at radius 1 is 0.714 bits per heavy atom. The Bertz CT molecular complexity index is 698. The van der Waals surface area contributed by atoms with Crippen molar-refractivity contribution in [3.63, 3.8) is 0 Å². The molecule has 0 bridgehead atoms. The van der Waals surface area contributed by atoms with Crippen LogP contribution in [0.2, 0.25) is 0 Å². The van der Waals surface area contributed by atoms with Crippen molar-refractivity contribution in [3.8, 4) is 0 Å². The summed E-state index contributed by atoms with van der Waals surface area (Å²) in [6, 6.07) is 0. The van der Waals surface area contributed by atoms with E-state index < -0.39 is 0 Å². The summed E-state index contributed by atoms with van der Waals surface area (Å²) in [6.07, 6.45) is 16.3. The molecule has 2 aliphatic carbocycles. The molecule has 0 radical (unpaired) electrons. The SMILES string of the molecule is CC1=C(\C=C/C(C)=N\N=C(C)/C=C\C2=C(C)CCCC2(C)C)C(C)(C)CCC1. The van der Waals surface area contributed by atoms with Crippen LogP contribution in [0.15, 0.2) is 56.8 Å². The largest absolute Gasteiger partial charge is 0.156 e. The van der Waals surface area contributed by atoms with Crippen molar-refractivity contribution in [1.29, 1.82) is 0 Å². The van der Waals surface area contributed by atoms with Crippen LogP contribution in [0.1, 0.15) is 93.9 Å². The van der Waals surface area contributed by atoms with Gasteiger partial charge < -0.3 is 0 Å². The predicted octanol–water partition coefficient (Wildman–Crippen LogP) is 7.99. The van der Waals surface area contributed by atoms with Gasteiger partial charge in [-0.05, 0) is 100 Å². The lowest BCUT2D eigenvalue weighted by Gasteiger charge is -2.32. The molecule has 0 aliphatic heterocycles. The molecule has 0 aromatic heterocycles. The highest BCUT2D eigenvalue weighted by Gasteiger charge is 2.27. The molecule has 154 valence electrons. The molecule has 2 aliphatic rings. The molecule has 0 heterocycles. The van der Waals surface area contributed by atoms with Crippen molar-refractivity contribution in [2.24, 2.45) is 21.0 Å². The van der Waals surface area contributed by atoms with Crippen LogP contribution in [0.4, 0.5) is 0 Å². The number of nitrogens with zero attached hydrogens (tertiary/aromatic N) is 2. The van der Waals surface area contributed by atoms with Gasteiger partial charge in [-0.1, -0.05) is 51.0 Å². The van der Waals surface area contributed by atoms with Crippen molar-refractivity contribution in [3.05, 3.63) is 46.6 Å². The number of rotatable bonds is 5. The van der Waals surface area contributed by atoms with Gasteiger partial charge in [0.1, 0.15) is 0 Å². The van der Waals surface area contributed by atoms with E-state index in [1.165, 1.54) is 60.8 Å². The first kappa shape index (κ1) is 22.6. The fourth-order valence-corrected chi connectivity index (χ4v) is 4.65. The van der Waals surface area contributed by atoms with Gasteiger partial charge in [-0.3, -0.25) is 0 Å². The maximum absolute atomic E-state index is 4.43. The van der Waals surface area contributed by atoms with Crippen LogP contribution in [-0.4, -0.2) is 11.4 Å². The van der Waals surface area contributed by atoms with Crippen LogP contribution in [0.5, 0.6) is 0 Å². The van der Waals surface area contributed by atoms with E-state index in [0.717, 1.165) is 11.4 Å². The highest BCUT2D eigenvalue weighted by atomic mass is 15.2. The average molecular weight is 381 g/mol. The molecule has 0 saturated carbocycles.